The van der Waals surface area contributed by atoms with Crippen LogP contribution < -0.4 is 4.74 Å². The van der Waals surface area contributed by atoms with Crippen LogP contribution in [0.25, 0.3) is 0 Å². The van der Waals surface area contributed by atoms with Crippen LogP contribution in [0.4, 0.5) is 0 Å². The van der Waals surface area contributed by atoms with Crippen molar-refractivity contribution in [2.75, 3.05) is 0 Å². The largest absolute Gasteiger partial charge is 0.490 e. The molecule has 1 aliphatic carbocycles. The van der Waals surface area contributed by atoms with Crippen LogP contribution in [0.1, 0.15) is 81.4 Å². The van der Waals surface area contributed by atoms with Crippen molar-refractivity contribution in [2.24, 2.45) is 0 Å². The van der Waals surface area contributed by atoms with Gasteiger partial charge in [0, 0.05) is 5.56 Å². The van der Waals surface area contributed by atoms with Gasteiger partial charge in [-0.25, -0.2) is 0 Å². The van der Waals surface area contributed by atoms with Gasteiger partial charge in [0.25, 0.3) is 0 Å². The molecule has 0 fully saturated rings. The number of rotatable bonds is 3. The third-order valence-electron chi connectivity index (χ3n) is 4.78. The Labute approximate surface area is 128 Å². The normalized spacial score (nSPS) is 19.2. The van der Waals surface area contributed by atoms with Gasteiger partial charge in [-0.1, -0.05) is 33.8 Å². The smallest absolute Gasteiger partial charge is 0.154 e. The highest BCUT2D eigenvalue weighted by molar-refractivity contribution is 5.84. The molecule has 0 saturated heterocycles. The molecule has 0 amide bonds. The number of ether oxygens (including phenoxy) is 1. The van der Waals surface area contributed by atoms with Gasteiger partial charge in [0.1, 0.15) is 5.75 Å². The van der Waals surface area contributed by atoms with Crippen molar-refractivity contribution in [3.63, 3.8) is 0 Å². The second-order valence-corrected chi connectivity index (χ2v) is 7.91. The summed E-state index contributed by atoms with van der Waals surface area (Å²) in [7, 11) is 0. The molecule has 0 aliphatic heterocycles. The summed E-state index contributed by atoms with van der Waals surface area (Å²) >= 11 is 0. The van der Waals surface area contributed by atoms with Crippen molar-refractivity contribution < 1.29 is 9.53 Å². The first-order chi connectivity index (χ1) is 9.60. The van der Waals surface area contributed by atoms with Gasteiger partial charge in [0.2, 0.25) is 0 Å². The molecular weight excluding hydrogens is 260 g/mol. The minimum Gasteiger partial charge on any atom is -0.490 e. The predicted octanol–water partition coefficient (Wildman–Crippen LogP) is 4.94. The van der Waals surface area contributed by atoms with Crippen molar-refractivity contribution in [1.82, 2.24) is 0 Å². The van der Waals surface area contributed by atoms with Crippen molar-refractivity contribution in [1.29, 1.82) is 0 Å². The molecule has 1 aromatic carbocycles. The first-order valence-corrected chi connectivity index (χ1v) is 7.90. The molecule has 0 unspecified atom stereocenters. The molecular formula is C19H28O2. The Hall–Kier alpha value is -1.31. The lowest BCUT2D eigenvalue weighted by Gasteiger charge is -2.43. The number of aryl methyl sites for hydroxylation is 1. The van der Waals surface area contributed by atoms with E-state index in [0.717, 1.165) is 30.4 Å². The Morgan fingerprint density at radius 3 is 2.24 bits per heavy atom. The second kappa shape index (κ2) is 5.15. The van der Waals surface area contributed by atoms with Gasteiger partial charge in [0.15, 0.2) is 6.29 Å². The number of hydrogen-bond acceptors (Lipinski definition) is 2. The molecule has 2 rings (SSSR count). The third kappa shape index (κ3) is 2.73. The lowest BCUT2D eigenvalue weighted by Crippen LogP contribution is -2.35. The van der Waals surface area contributed by atoms with E-state index in [0.29, 0.717) is 5.56 Å². The Balaban J connectivity index is 2.83. The van der Waals surface area contributed by atoms with Crippen molar-refractivity contribution in [3.05, 3.63) is 28.3 Å². The monoisotopic (exact) mass is 288 g/mol. The molecule has 0 radical (unpaired) electrons. The number of carbonyl (C=O) groups excluding carboxylic acids is 1. The van der Waals surface area contributed by atoms with E-state index in [1.807, 2.05) is 20.8 Å². The van der Waals surface area contributed by atoms with E-state index in [-0.39, 0.29) is 16.9 Å². The Morgan fingerprint density at radius 2 is 1.71 bits per heavy atom. The minimum absolute atomic E-state index is 0.0422. The van der Waals surface area contributed by atoms with E-state index in [1.165, 1.54) is 11.1 Å². The van der Waals surface area contributed by atoms with E-state index in [9.17, 15) is 4.79 Å². The Morgan fingerprint density at radius 1 is 1.14 bits per heavy atom. The molecule has 0 atom stereocenters. The Kier molecular flexibility index (Phi) is 3.94. The minimum atomic E-state index is 0.0422. The number of carbonyl (C=O) groups is 1. The van der Waals surface area contributed by atoms with Gasteiger partial charge >= 0.3 is 0 Å². The molecule has 0 N–H and O–H groups in total. The summed E-state index contributed by atoms with van der Waals surface area (Å²) in [4.78, 5) is 11.6. The number of benzene rings is 1. The zero-order valence-electron chi connectivity index (χ0n) is 14.5. The molecule has 0 bridgehead atoms. The van der Waals surface area contributed by atoms with Crippen molar-refractivity contribution in [2.45, 2.75) is 78.2 Å². The summed E-state index contributed by atoms with van der Waals surface area (Å²) in [6.07, 6.45) is 3.29. The zero-order valence-corrected chi connectivity index (χ0v) is 14.5. The van der Waals surface area contributed by atoms with E-state index in [1.54, 1.807) is 0 Å². The summed E-state index contributed by atoms with van der Waals surface area (Å²) in [5.74, 6) is 0.813. The average molecular weight is 288 g/mol. The van der Waals surface area contributed by atoms with Gasteiger partial charge in [0.05, 0.1) is 11.7 Å². The standard InChI is InChI=1S/C19H28O2/c1-12(2)21-17-14(11-20)13(3)10-15-16(17)19(6,7)9-8-18(15,4)5/h10-12H,8-9H2,1-7H3. The second-order valence-electron chi connectivity index (χ2n) is 7.91. The number of hydrogen-bond donors (Lipinski definition) is 0. The molecule has 0 heterocycles. The van der Waals surface area contributed by atoms with Gasteiger partial charge in [-0.05, 0) is 55.6 Å². The molecule has 2 heteroatoms. The molecule has 21 heavy (non-hydrogen) atoms. The van der Waals surface area contributed by atoms with Crippen molar-refractivity contribution >= 4 is 6.29 Å². The van der Waals surface area contributed by atoms with Gasteiger partial charge in [-0.15, -0.1) is 0 Å². The lowest BCUT2D eigenvalue weighted by molar-refractivity contribution is 0.111. The molecule has 2 nitrogen and oxygen atoms in total. The fourth-order valence-corrected chi connectivity index (χ4v) is 3.40. The van der Waals surface area contributed by atoms with Crippen LogP contribution in [-0.2, 0) is 10.8 Å². The SMILES string of the molecule is Cc1cc2c(c(OC(C)C)c1C=O)C(C)(C)CCC2(C)C. The highest BCUT2D eigenvalue weighted by Gasteiger charge is 2.40. The van der Waals surface area contributed by atoms with Gasteiger partial charge in [-0.2, -0.15) is 0 Å². The van der Waals surface area contributed by atoms with Crippen molar-refractivity contribution in [3.8, 4) is 5.75 Å². The topological polar surface area (TPSA) is 26.3 Å². The summed E-state index contributed by atoms with van der Waals surface area (Å²) in [5.41, 5.74) is 4.49. The van der Waals surface area contributed by atoms with E-state index < -0.39 is 0 Å². The first kappa shape index (κ1) is 16.1. The van der Waals surface area contributed by atoms with Gasteiger partial charge < -0.3 is 4.74 Å². The summed E-state index contributed by atoms with van der Waals surface area (Å²) in [6, 6.07) is 2.20. The molecule has 0 saturated carbocycles. The van der Waals surface area contributed by atoms with E-state index in [2.05, 4.69) is 33.8 Å². The molecule has 0 aromatic heterocycles. The number of fused-ring (bicyclic) bond motifs is 1. The van der Waals surface area contributed by atoms with Crippen LogP contribution in [0.15, 0.2) is 6.07 Å². The molecule has 1 aromatic rings. The molecule has 0 spiro atoms. The lowest BCUT2D eigenvalue weighted by atomic mass is 9.62. The third-order valence-corrected chi connectivity index (χ3v) is 4.78. The van der Waals surface area contributed by atoms with Crippen LogP contribution in [0, 0.1) is 6.92 Å². The summed E-state index contributed by atoms with van der Waals surface area (Å²) in [5, 5.41) is 0. The van der Waals surface area contributed by atoms with E-state index >= 15 is 0 Å². The molecule has 116 valence electrons. The fraction of sp³-hybridized carbons (Fsp3) is 0.632. The summed E-state index contributed by atoms with van der Waals surface area (Å²) in [6.45, 7) is 15.2. The van der Waals surface area contributed by atoms with Crippen LogP contribution in [-0.4, -0.2) is 12.4 Å². The summed E-state index contributed by atoms with van der Waals surface area (Å²) < 4.78 is 6.11. The maximum absolute atomic E-state index is 11.6. The zero-order chi connectivity index (χ0) is 16.0. The van der Waals surface area contributed by atoms with Crippen LogP contribution in [0.3, 0.4) is 0 Å². The van der Waals surface area contributed by atoms with E-state index in [4.69, 9.17) is 4.74 Å². The average Bonchev–Trinajstić information content (AvgIpc) is 2.34. The highest BCUT2D eigenvalue weighted by atomic mass is 16.5. The van der Waals surface area contributed by atoms with Gasteiger partial charge in [-0.3, -0.25) is 4.79 Å². The fourth-order valence-electron chi connectivity index (χ4n) is 3.40. The maximum Gasteiger partial charge on any atom is 0.154 e. The first-order valence-electron chi connectivity index (χ1n) is 7.90. The predicted molar refractivity (Wildman–Crippen MR) is 87.6 cm³/mol. The van der Waals surface area contributed by atoms with Crippen LogP contribution in [0.5, 0.6) is 5.75 Å². The van der Waals surface area contributed by atoms with Crippen LogP contribution >= 0.6 is 0 Å². The maximum atomic E-state index is 11.6. The van der Waals surface area contributed by atoms with Crippen LogP contribution in [0.2, 0.25) is 0 Å². The Bertz CT molecular complexity index is 565. The number of aldehydes is 1. The quantitative estimate of drug-likeness (QED) is 0.736. The molecule has 1 aliphatic rings. The highest BCUT2D eigenvalue weighted by Crippen LogP contribution is 2.51.